The van der Waals surface area contributed by atoms with Crippen LogP contribution in [0.2, 0.25) is 0 Å². The van der Waals surface area contributed by atoms with Gasteiger partial charge in [-0.3, -0.25) is 9.59 Å². The summed E-state index contributed by atoms with van der Waals surface area (Å²) < 4.78 is 0. The largest absolute Gasteiger partial charge is 0.352 e. The zero-order chi connectivity index (χ0) is 16.8. The number of carbonyl (C=O) groups is 2. The van der Waals surface area contributed by atoms with Crippen molar-refractivity contribution in [3.05, 3.63) is 29.3 Å². The Labute approximate surface area is 139 Å². The molecule has 4 nitrogen and oxygen atoms in total. The monoisotopic (exact) mass is 316 g/mol. The first-order valence-electron chi connectivity index (χ1n) is 8.62. The Morgan fingerprint density at radius 2 is 1.78 bits per heavy atom. The molecule has 0 aliphatic heterocycles. The molecule has 23 heavy (non-hydrogen) atoms. The Bertz CT molecular complexity index is 560. The topological polar surface area (TPSA) is 49.4 Å². The van der Waals surface area contributed by atoms with E-state index in [1.807, 2.05) is 32.0 Å². The molecule has 0 atom stereocenters. The second-order valence-electron chi connectivity index (χ2n) is 6.65. The van der Waals surface area contributed by atoms with Crippen molar-refractivity contribution in [2.75, 3.05) is 11.4 Å². The summed E-state index contributed by atoms with van der Waals surface area (Å²) in [6, 6.07) is 6.24. The lowest BCUT2D eigenvalue weighted by atomic mass is 10.1. The molecule has 0 aromatic heterocycles. The standard InChI is InChI=1S/C19H28N2O2/c1-14-10-11-15(2)18(12-14)21(16(3)22)13-19(23)20-17-8-6-4-5-7-9-17/h10-12,17H,4-9,13H2,1-3H3,(H,20,23). The number of rotatable bonds is 4. The number of anilines is 1. The second kappa shape index (κ2) is 8.14. The van der Waals surface area contributed by atoms with Crippen LogP contribution in [-0.2, 0) is 9.59 Å². The van der Waals surface area contributed by atoms with Crippen LogP contribution in [0.15, 0.2) is 18.2 Å². The summed E-state index contributed by atoms with van der Waals surface area (Å²) in [5.74, 6) is -0.164. The Balaban J connectivity index is 2.05. The van der Waals surface area contributed by atoms with E-state index in [1.165, 1.54) is 32.6 Å². The van der Waals surface area contributed by atoms with Crippen LogP contribution in [0.1, 0.15) is 56.6 Å². The Morgan fingerprint density at radius 3 is 2.39 bits per heavy atom. The summed E-state index contributed by atoms with van der Waals surface area (Å²) in [4.78, 5) is 26.0. The van der Waals surface area contributed by atoms with Crippen molar-refractivity contribution in [3.8, 4) is 0 Å². The normalized spacial score (nSPS) is 15.8. The van der Waals surface area contributed by atoms with Gasteiger partial charge in [0.1, 0.15) is 6.54 Å². The highest BCUT2D eigenvalue weighted by Gasteiger charge is 2.20. The van der Waals surface area contributed by atoms with Crippen LogP contribution in [0.25, 0.3) is 0 Å². The van der Waals surface area contributed by atoms with Crippen molar-refractivity contribution in [3.63, 3.8) is 0 Å². The van der Waals surface area contributed by atoms with Crippen LogP contribution in [0, 0.1) is 13.8 Å². The van der Waals surface area contributed by atoms with E-state index >= 15 is 0 Å². The fourth-order valence-electron chi connectivity index (χ4n) is 3.22. The summed E-state index contributed by atoms with van der Waals surface area (Å²) in [6.45, 7) is 5.57. The smallest absolute Gasteiger partial charge is 0.240 e. The van der Waals surface area contributed by atoms with E-state index in [1.54, 1.807) is 4.90 Å². The van der Waals surface area contributed by atoms with Crippen LogP contribution < -0.4 is 10.2 Å². The fraction of sp³-hybridized carbons (Fsp3) is 0.579. The Hall–Kier alpha value is -1.84. The molecule has 1 fully saturated rings. The number of hydrogen-bond donors (Lipinski definition) is 1. The molecule has 1 aliphatic carbocycles. The predicted octanol–water partition coefficient (Wildman–Crippen LogP) is 3.50. The number of nitrogens with zero attached hydrogens (tertiary/aromatic N) is 1. The molecule has 126 valence electrons. The minimum absolute atomic E-state index is 0.0620. The number of aryl methyl sites for hydroxylation is 2. The van der Waals surface area contributed by atoms with Crippen LogP contribution >= 0.6 is 0 Å². The molecule has 0 bridgehead atoms. The summed E-state index contributed by atoms with van der Waals surface area (Å²) in [6.07, 6.45) is 6.98. The van der Waals surface area contributed by atoms with Crippen molar-refractivity contribution in [1.29, 1.82) is 0 Å². The molecule has 1 saturated carbocycles. The van der Waals surface area contributed by atoms with E-state index in [9.17, 15) is 9.59 Å². The molecule has 0 unspecified atom stereocenters. The zero-order valence-electron chi connectivity index (χ0n) is 14.5. The van der Waals surface area contributed by atoms with E-state index in [0.717, 1.165) is 29.7 Å². The molecule has 2 amide bonds. The minimum atomic E-state index is -0.102. The van der Waals surface area contributed by atoms with Gasteiger partial charge in [-0.15, -0.1) is 0 Å². The summed E-state index contributed by atoms with van der Waals surface area (Å²) in [7, 11) is 0. The molecular weight excluding hydrogens is 288 g/mol. The van der Waals surface area contributed by atoms with Gasteiger partial charge < -0.3 is 10.2 Å². The van der Waals surface area contributed by atoms with Gasteiger partial charge in [-0.1, -0.05) is 37.8 Å². The van der Waals surface area contributed by atoms with Crippen LogP contribution in [-0.4, -0.2) is 24.4 Å². The zero-order valence-corrected chi connectivity index (χ0v) is 14.5. The van der Waals surface area contributed by atoms with Crippen molar-refractivity contribution in [1.82, 2.24) is 5.32 Å². The lowest BCUT2D eigenvalue weighted by molar-refractivity contribution is -0.123. The molecule has 1 N–H and O–H groups in total. The van der Waals surface area contributed by atoms with Crippen LogP contribution in [0.3, 0.4) is 0 Å². The highest BCUT2D eigenvalue weighted by molar-refractivity contribution is 5.98. The maximum Gasteiger partial charge on any atom is 0.240 e. The van der Waals surface area contributed by atoms with Gasteiger partial charge in [-0.25, -0.2) is 0 Å². The maximum atomic E-state index is 12.4. The first kappa shape index (κ1) is 17.5. The van der Waals surface area contributed by atoms with Crippen molar-refractivity contribution >= 4 is 17.5 Å². The van der Waals surface area contributed by atoms with Gasteiger partial charge >= 0.3 is 0 Å². The van der Waals surface area contributed by atoms with E-state index in [2.05, 4.69) is 5.32 Å². The SMILES string of the molecule is CC(=O)N(CC(=O)NC1CCCCCC1)c1cc(C)ccc1C. The van der Waals surface area contributed by atoms with E-state index < -0.39 is 0 Å². The summed E-state index contributed by atoms with van der Waals surface area (Å²) >= 11 is 0. The molecule has 0 spiro atoms. The molecule has 4 heteroatoms. The van der Waals surface area contributed by atoms with Gasteiger partial charge in [0.2, 0.25) is 11.8 Å². The minimum Gasteiger partial charge on any atom is -0.352 e. The van der Waals surface area contributed by atoms with Crippen molar-refractivity contribution < 1.29 is 9.59 Å². The number of amides is 2. The molecule has 1 aliphatic rings. The van der Waals surface area contributed by atoms with Gasteiger partial charge in [-0.2, -0.15) is 0 Å². The Kier molecular flexibility index (Phi) is 6.20. The third-order valence-electron chi connectivity index (χ3n) is 4.56. The first-order chi connectivity index (χ1) is 11.0. The van der Waals surface area contributed by atoms with Gasteiger partial charge in [-0.05, 0) is 43.9 Å². The molecule has 2 rings (SSSR count). The average Bonchev–Trinajstić information content (AvgIpc) is 2.76. The lowest BCUT2D eigenvalue weighted by Crippen LogP contribution is -2.43. The van der Waals surface area contributed by atoms with E-state index in [0.29, 0.717) is 0 Å². The number of carbonyl (C=O) groups excluding carboxylic acids is 2. The molecule has 1 aromatic carbocycles. The first-order valence-corrected chi connectivity index (χ1v) is 8.62. The van der Waals surface area contributed by atoms with Crippen molar-refractivity contribution in [2.45, 2.75) is 65.3 Å². The third-order valence-corrected chi connectivity index (χ3v) is 4.56. The molecule has 0 saturated heterocycles. The second-order valence-corrected chi connectivity index (χ2v) is 6.65. The van der Waals surface area contributed by atoms with Gasteiger partial charge in [0.25, 0.3) is 0 Å². The summed E-state index contributed by atoms with van der Waals surface area (Å²) in [5, 5.41) is 3.12. The number of nitrogens with one attached hydrogen (secondary N) is 1. The highest BCUT2D eigenvalue weighted by Crippen LogP contribution is 2.22. The molecular formula is C19H28N2O2. The highest BCUT2D eigenvalue weighted by atomic mass is 16.2. The molecule has 0 radical (unpaired) electrons. The van der Waals surface area contributed by atoms with Crippen molar-refractivity contribution in [2.24, 2.45) is 0 Å². The maximum absolute atomic E-state index is 12.4. The van der Waals surface area contributed by atoms with Crippen LogP contribution in [0.5, 0.6) is 0 Å². The van der Waals surface area contributed by atoms with E-state index in [4.69, 9.17) is 0 Å². The van der Waals surface area contributed by atoms with E-state index in [-0.39, 0.29) is 24.4 Å². The quantitative estimate of drug-likeness (QED) is 0.864. The van der Waals surface area contributed by atoms with Gasteiger partial charge in [0.15, 0.2) is 0 Å². The number of benzene rings is 1. The fourth-order valence-corrected chi connectivity index (χ4v) is 3.22. The van der Waals surface area contributed by atoms with Crippen LogP contribution in [0.4, 0.5) is 5.69 Å². The molecule has 0 heterocycles. The summed E-state index contributed by atoms with van der Waals surface area (Å²) in [5.41, 5.74) is 2.92. The average molecular weight is 316 g/mol. The molecule has 1 aromatic rings. The number of hydrogen-bond acceptors (Lipinski definition) is 2. The third kappa shape index (κ3) is 5.08. The van der Waals surface area contributed by atoms with Gasteiger partial charge in [0.05, 0.1) is 0 Å². The predicted molar refractivity (Wildman–Crippen MR) is 93.6 cm³/mol. The van der Waals surface area contributed by atoms with Gasteiger partial charge in [0, 0.05) is 18.7 Å². The Morgan fingerprint density at radius 1 is 1.13 bits per heavy atom. The lowest BCUT2D eigenvalue weighted by Gasteiger charge is -2.24.